The predicted molar refractivity (Wildman–Crippen MR) is 108 cm³/mol. The Labute approximate surface area is 170 Å². The molecule has 1 aromatic heterocycles. The highest BCUT2D eigenvalue weighted by atomic mass is 19.1. The molecule has 3 heterocycles. The number of carbonyl (C=O) groups is 1. The topological polar surface area (TPSA) is 58.6 Å². The van der Waals surface area contributed by atoms with Gasteiger partial charge in [-0.1, -0.05) is 12.1 Å². The maximum atomic E-state index is 14.0. The van der Waals surface area contributed by atoms with Gasteiger partial charge < -0.3 is 14.5 Å². The fourth-order valence-electron chi connectivity index (χ4n) is 4.47. The zero-order valence-electron chi connectivity index (χ0n) is 17.0. The molecule has 2 fully saturated rings. The van der Waals surface area contributed by atoms with E-state index in [9.17, 15) is 9.18 Å². The minimum absolute atomic E-state index is 0.0472. The zero-order valence-corrected chi connectivity index (χ0v) is 17.0. The minimum atomic E-state index is -0.754. The standard InChI is InChI=1S/C22H27FN4O2/c1-26(2)20-15-24-14-18(25-20)19-7-4-10-27(19)21(28)22(8-11-29-12-9-22)16-5-3-6-17(23)13-16/h3,5-6,13-15,19H,4,7-12H2,1-2H3. The van der Waals surface area contributed by atoms with E-state index in [4.69, 9.17) is 9.72 Å². The van der Waals surface area contributed by atoms with Gasteiger partial charge in [-0.2, -0.15) is 0 Å². The van der Waals surface area contributed by atoms with Crippen LogP contribution in [-0.4, -0.2) is 54.6 Å². The third-order valence-electron chi connectivity index (χ3n) is 6.09. The van der Waals surface area contributed by atoms with Crippen LogP contribution < -0.4 is 4.90 Å². The highest BCUT2D eigenvalue weighted by Crippen LogP contribution is 2.41. The summed E-state index contributed by atoms with van der Waals surface area (Å²) in [6.07, 6.45) is 6.36. The van der Waals surface area contributed by atoms with Gasteiger partial charge in [-0.05, 0) is 43.4 Å². The zero-order chi connectivity index (χ0) is 20.4. The summed E-state index contributed by atoms with van der Waals surface area (Å²) in [7, 11) is 3.85. The molecule has 1 unspecified atom stereocenters. The molecule has 0 radical (unpaired) electrons. The number of rotatable bonds is 4. The third-order valence-corrected chi connectivity index (χ3v) is 6.09. The molecule has 0 saturated carbocycles. The van der Waals surface area contributed by atoms with Crippen LogP contribution in [0.15, 0.2) is 36.7 Å². The molecule has 0 N–H and O–H groups in total. The highest BCUT2D eigenvalue weighted by molar-refractivity contribution is 5.89. The van der Waals surface area contributed by atoms with Crippen molar-refractivity contribution in [1.29, 1.82) is 0 Å². The van der Waals surface area contributed by atoms with E-state index in [0.717, 1.165) is 29.9 Å². The summed E-state index contributed by atoms with van der Waals surface area (Å²) in [6, 6.07) is 6.36. The molecule has 6 nitrogen and oxygen atoms in total. The highest BCUT2D eigenvalue weighted by Gasteiger charge is 2.47. The largest absolute Gasteiger partial charge is 0.381 e. The van der Waals surface area contributed by atoms with E-state index in [0.29, 0.717) is 32.6 Å². The summed E-state index contributed by atoms with van der Waals surface area (Å²) in [5, 5.41) is 0. The molecule has 1 amide bonds. The number of benzene rings is 1. The van der Waals surface area contributed by atoms with E-state index in [1.807, 2.05) is 30.0 Å². The van der Waals surface area contributed by atoms with Crippen LogP contribution in [0.1, 0.15) is 43.0 Å². The Morgan fingerprint density at radius 2 is 2.07 bits per heavy atom. The Morgan fingerprint density at radius 3 is 2.79 bits per heavy atom. The molecule has 29 heavy (non-hydrogen) atoms. The molecule has 7 heteroatoms. The van der Waals surface area contributed by atoms with Crippen molar-refractivity contribution in [3.05, 3.63) is 53.7 Å². The molecule has 2 saturated heterocycles. The van der Waals surface area contributed by atoms with Crippen molar-refractivity contribution in [2.24, 2.45) is 0 Å². The summed E-state index contributed by atoms with van der Waals surface area (Å²) < 4.78 is 19.6. The second-order valence-electron chi connectivity index (χ2n) is 8.06. The molecular weight excluding hydrogens is 371 g/mol. The molecule has 0 aliphatic carbocycles. The summed E-state index contributed by atoms with van der Waals surface area (Å²) in [5.74, 6) is 0.502. The Balaban J connectivity index is 1.69. The summed E-state index contributed by atoms with van der Waals surface area (Å²) >= 11 is 0. The van der Waals surface area contributed by atoms with Gasteiger partial charge in [0.2, 0.25) is 5.91 Å². The van der Waals surface area contributed by atoms with E-state index in [1.165, 1.54) is 12.1 Å². The van der Waals surface area contributed by atoms with Gasteiger partial charge in [0.1, 0.15) is 11.6 Å². The fourth-order valence-corrected chi connectivity index (χ4v) is 4.47. The van der Waals surface area contributed by atoms with Gasteiger partial charge in [0.15, 0.2) is 0 Å². The number of anilines is 1. The number of amides is 1. The van der Waals surface area contributed by atoms with Crippen LogP contribution in [0.25, 0.3) is 0 Å². The number of hydrogen-bond donors (Lipinski definition) is 0. The summed E-state index contributed by atoms with van der Waals surface area (Å²) in [6.45, 7) is 1.67. The number of carbonyl (C=O) groups excluding carboxylic acids is 1. The Hall–Kier alpha value is -2.54. The van der Waals surface area contributed by atoms with Crippen molar-refractivity contribution in [1.82, 2.24) is 14.9 Å². The van der Waals surface area contributed by atoms with E-state index in [2.05, 4.69) is 4.98 Å². The van der Waals surface area contributed by atoms with Gasteiger partial charge in [-0.25, -0.2) is 9.37 Å². The monoisotopic (exact) mass is 398 g/mol. The molecule has 1 aromatic carbocycles. The van der Waals surface area contributed by atoms with Crippen LogP contribution in [-0.2, 0) is 14.9 Å². The number of aromatic nitrogens is 2. The molecule has 2 aliphatic rings. The Bertz CT molecular complexity index is 883. The first-order chi connectivity index (χ1) is 14.0. The van der Waals surface area contributed by atoms with Gasteiger partial charge in [-0.3, -0.25) is 9.78 Å². The minimum Gasteiger partial charge on any atom is -0.381 e. The van der Waals surface area contributed by atoms with E-state index >= 15 is 0 Å². The van der Waals surface area contributed by atoms with Crippen LogP contribution in [0.5, 0.6) is 0 Å². The number of ether oxygens (including phenoxy) is 1. The van der Waals surface area contributed by atoms with Crippen molar-refractivity contribution in [3.8, 4) is 0 Å². The van der Waals surface area contributed by atoms with Gasteiger partial charge in [-0.15, -0.1) is 0 Å². The van der Waals surface area contributed by atoms with Crippen LogP contribution in [0, 0.1) is 5.82 Å². The lowest BCUT2D eigenvalue weighted by Gasteiger charge is -2.40. The van der Waals surface area contributed by atoms with Gasteiger partial charge in [0.05, 0.1) is 29.5 Å². The SMILES string of the molecule is CN(C)c1cncc(C2CCCN2C(=O)C2(c3cccc(F)c3)CCOCC2)n1. The maximum Gasteiger partial charge on any atom is 0.233 e. The number of halogens is 1. The van der Waals surface area contributed by atoms with Crippen molar-refractivity contribution in [2.45, 2.75) is 37.1 Å². The average Bonchev–Trinajstić information content (AvgIpc) is 3.23. The molecule has 4 rings (SSSR count). The average molecular weight is 398 g/mol. The summed E-state index contributed by atoms with van der Waals surface area (Å²) in [5.41, 5.74) is 0.795. The van der Waals surface area contributed by atoms with Gasteiger partial charge in [0, 0.05) is 33.9 Å². The van der Waals surface area contributed by atoms with Crippen LogP contribution in [0.4, 0.5) is 10.2 Å². The molecule has 154 valence electrons. The predicted octanol–water partition coefficient (Wildman–Crippen LogP) is 3.09. The Kier molecular flexibility index (Phi) is 5.50. The number of likely N-dealkylation sites (tertiary alicyclic amines) is 1. The first-order valence-electron chi connectivity index (χ1n) is 10.2. The van der Waals surface area contributed by atoms with Crippen molar-refractivity contribution >= 4 is 11.7 Å². The van der Waals surface area contributed by atoms with Crippen molar-refractivity contribution in [3.63, 3.8) is 0 Å². The third kappa shape index (κ3) is 3.71. The lowest BCUT2D eigenvalue weighted by Crippen LogP contribution is -2.49. The number of hydrogen-bond acceptors (Lipinski definition) is 5. The molecule has 2 aliphatic heterocycles. The quantitative estimate of drug-likeness (QED) is 0.792. The van der Waals surface area contributed by atoms with Crippen LogP contribution >= 0.6 is 0 Å². The second kappa shape index (κ2) is 8.06. The van der Waals surface area contributed by atoms with E-state index in [-0.39, 0.29) is 17.8 Å². The Morgan fingerprint density at radius 1 is 1.28 bits per heavy atom. The first-order valence-corrected chi connectivity index (χ1v) is 10.2. The van der Waals surface area contributed by atoms with E-state index < -0.39 is 5.41 Å². The van der Waals surface area contributed by atoms with E-state index in [1.54, 1.807) is 18.5 Å². The second-order valence-corrected chi connectivity index (χ2v) is 8.06. The lowest BCUT2D eigenvalue weighted by atomic mass is 9.72. The van der Waals surface area contributed by atoms with Crippen LogP contribution in [0.2, 0.25) is 0 Å². The normalized spacial score (nSPS) is 21.2. The molecular formula is C22H27FN4O2. The lowest BCUT2D eigenvalue weighted by molar-refractivity contribution is -0.142. The van der Waals surface area contributed by atoms with Crippen molar-refractivity contribution in [2.75, 3.05) is 38.8 Å². The fraction of sp³-hybridized carbons (Fsp3) is 0.500. The first kappa shape index (κ1) is 19.8. The number of nitrogens with zero attached hydrogens (tertiary/aromatic N) is 4. The van der Waals surface area contributed by atoms with Gasteiger partial charge in [0.25, 0.3) is 0 Å². The van der Waals surface area contributed by atoms with Gasteiger partial charge >= 0.3 is 0 Å². The molecule has 0 bridgehead atoms. The molecule has 0 spiro atoms. The van der Waals surface area contributed by atoms with Crippen LogP contribution in [0.3, 0.4) is 0 Å². The maximum absolute atomic E-state index is 14.0. The van der Waals surface area contributed by atoms with Crippen molar-refractivity contribution < 1.29 is 13.9 Å². The summed E-state index contributed by atoms with van der Waals surface area (Å²) in [4.78, 5) is 26.8. The molecule has 1 atom stereocenters. The molecule has 2 aromatic rings. The smallest absolute Gasteiger partial charge is 0.233 e.